The number of carbonyl (C=O) groups is 3. The number of hydrogen-bond acceptors (Lipinski definition) is 9. The highest BCUT2D eigenvalue weighted by Crippen LogP contribution is 2.14. The van der Waals surface area contributed by atoms with Crippen molar-refractivity contribution in [3.63, 3.8) is 0 Å². The van der Waals surface area contributed by atoms with E-state index >= 15 is 0 Å². The number of nitrogens with two attached hydrogens (primary N) is 2. The van der Waals surface area contributed by atoms with E-state index in [-0.39, 0.29) is 19.4 Å². The molecule has 0 saturated heterocycles. The van der Waals surface area contributed by atoms with Crippen molar-refractivity contribution in [2.45, 2.75) is 30.6 Å². The van der Waals surface area contributed by atoms with Gasteiger partial charge in [-0.15, -0.1) is 0 Å². The maximum Gasteiger partial charge on any atom is 0.320 e. The van der Waals surface area contributed by atoms with E-state index in [9.17, 15) is 24.6 Å². The Hall–Kier alpha value is -2.12. The van der Waals surface area contributed by atoms with Crippen molar-refractivity contribution in [2.75, 3.05) is 19.8 Å². The number of rotatable bonds is 10. The number of amides is 1. The molecule has 3 atom stereocenters. The van der Waals surface area contributed by atoms with Crippen LogP contribution in [0.5, 0.6) is 0 Å². The first-order chi connectivity index (χ1) is 11.0. The lowest BCUT2D eigenvalue weighted by atomic mass is 9.93. The lowest BCUT2D eigenvalue weighted by Gasteiger charge is -2.31. The molecule has 0 aliphatic heterocycles. The molecule has 0 aromatic rings. The third-order valence-electron chi connectivity index (χ3n) is 3.22. The molecule has 138 valence electrons. The van der Waals surface area contributed by atoms with Gasteiger partial charge in [0.1, 0.15) is 12.1 Å². The molecular formula is C12H22N4O8. The summed E-state index contributed by atoms with van der Waals surface area (Å²) in [7, 11) is 0. The maximum absolute atomic E-state index is 12.2. The number of ketones is 1. The molecule has 12 nitrogen and oxygen atoms in total. The number of aliphatic hydroxyl groups excluding tert-OH is 3. The Morgan fingerprint density at radius 3 is 2.17 bits per heavy atom. The first-order valence-corrected chi connectivity index (χ1v) is 6.83. The number of nitrogens with one attached hydrogen (secondary N) is 1. The zero-order valence-electron chi connectivity index (χ0n) is 12.8. The van der Waals surface area contributed by atoms with E-state index in [2.05, 4.69) is 0 Å². The molecule has 10 N–H and O–H groups in total. The summed E-state index contributed by atoms with van der Waals surface area (Å²) in [5.41, 5.74) is 7.37. The third-order valence-corrected chi connectivity index (χ3v) is 3.22. The molecule has 12 heteroatoms. The van der Waals surface area contributed by atoms with E-state index in [1.54, 1.807) is 0 Å². The second-order valence-corrected chi connectivity index (χ2v) is 5.01. The van der Waals surface area contributed by atoms with E-state index < -0.39 is 54.6 Å². The van der Waals surface area contributed by atoms with Gasteiger partial charge in [0.05, 0.1) is 13.2 Å². The molecule has 0 heterocycles. The van der Waals surface area contributed by atoms with Crippen LogP contribution in [0.15, 0.2) is 0 Å². The summed E-state index contributed by atoms with van der Waals surface area (Å²) in [5.74, 6) is -5.20. The Bertz CT molecular complexity index is 499. The van der Waals surface area contributed by atoms with E-state index in [0.717, 1.165) is 0 Å². The quantitative estimate of drug-likeness (QED) is 0.107. The van der Waals surface area contributed by atoms with Crippen LogP contribution >= 0.6 is 0 Å². The Labute approximate surface area is 136 Å². The standard InChI is InChI=1S/C12H22N4O8/c13-6(9(21)22)2-1-3-16(11(14)15)10(23)12(24,5-18)8(20)7(19)4-17/h6-7,17-19,24H,1-5,13H2,(H3,14,15)(H,21,22). The fourth-order valence-corrected chi connectivity index (χ4v) is 1.76. The molecule has 3 unspecified atom stereocenters. The smallest absolute Gasteiger partial charge is 0.320 e. The average molecular weight is 350 g/mol. The molecule has 0 bridgehead atoms. The highest BCUT2D eigenvalue weighted by molar-refractivity contribution is 6.14. The van der Waals surface area contributed by atoms with Crippen molar-refractivity contribution in [1.82, 2.24) is 4.90 Å². The largest absolute Gasteiger partial charge is 0.480 e. The fraction of sp³-hybridized carbons (Fsp3) is 0.667. The SMILES string of the molecule is N=C(N)N(CCCC(N)C(=O)O)C(=O)C(O)(CO)C(=O)C(O)CO. The summed E-state index contributed by atoms with van der Waals surface area (Å²) in [6.45, 7) is -2.87. The average Bonchev–Trinajstić information content (AvgIpc) is 2.54. The van der Waals surface area contributed by atoms with Crippen molar-refractivity contribution in [3.05, 3.63) is 0 Å². The van der Waals surface area contributed by atoms with Crippen LogP contribution in [0.1, 0.15) is 12.8 Å². The molecule has 0 aromatic carbocycles. The number of aliphatic carboxylic acids is 1. The van der Waals surface area contributed by atoms with Gasteiger partial charge in [0.25, 0.3) is 5.91 Å². The number of nitrogens with zero attached hydrogens (tertiary/aromatic N) is 1. The van der Waals surface area contributed by atoms with Gasteiger partial charge in [0.2, 0.25) is 11.4 Å². The summed E-state index contributed by atoms with van der Waals surface area (Å²) in [6.07, 6.45) is -2.24. The van der Waals surface area contributed by atoms with Crippen molar-refractivity contribution < 1.29 is 39.9 Å². The molecule has 0 radical (unpaired) electrons. The topological polar surface area (TPSA) is 231 Å². The highest BCUT2D eigenvalue weighted by atomic mass is 16.4. The van der Waals surface area contributed by atoms with Gasteiger partial charge in [-0.3, -0.25) is 24.7 Å². The van der Waals surface area contributed by atoms with Crippen LogP contribution in [0, 0.1) is 5.41 Å². The van der Waals surface area contributed by atoms with Crippen molar-refractivity contribution in [3.8, 4) is 0 Å². The van der Waals surface area contributed by atoms with E-state index in [1.165, 1.54) is 0 Å². The zero-order valence-corrected chi connectivity index (χ0v) is 12.8. The lowest BCUT2D eigenvalue weighted by molar-refractivity contribution is -0.167. The van der Waals surface area contributed by atoms with Gasteiger partial charge in [-0.25, -0.2) is 0 Å². The number of carbonyl (C=O) groups excluding carboxylic acids is 2. The Morgan fingerprint density at radius 2 is 1.79 bits per heavy atom. The van der Waals surface area contributed by atoms with Gasteiger partial charge in [-0.2, -0.15) is 0 Å². The summed E-state index contributed by atoms with van der Waals surface area (Å²) in [5, 5.41) is 53.2. The third kappa shape index (κ3) is 5.21. The molecule has 0 saturated carbocycles. The van der Waals surface area contributed by atoms with Crippen LogP contribution in [0.4, 0.5) is 0 Å². The first kappa shape index (κ1) is 21.9. The Morgan fingerprint density at radius 1 is 1.25 bits per heavy atom. The van der Waals surface area contributed by atoms with Crippen LogP contribution < -0.4 is 11.5 Å². The Kier molecular flexibility index (Phi) is 8.43. The predicted octanol–water partition coefficient (Wildman–Crippen LogP) is -4.45. The van der Waals surface area contributed by atoms with Crippen molar-refractivity contribution >= 4 is 23.6 Å². The number of carboxylic acid groups (broad SMARTS) is 1. The summed E-state index contributed by atoms with van der Waals surface area (Å²) < 4.78 is 0. The van der Waals surface area contributed by atoms with Crippen LogP contribution in [0.2, 0.25) is 0 Å². The van der Waals surface area contributed by atoms with Crippen LogP contribution in [-0.2, 0) is 14.4 Å². The minimum Gasteiger partial charge on any atom is -0.480 e. The number of aliphatic hydroxyl groups is 4. The van der Waals surface area contributed by atoms with Crippen LogP contribution in [0.25, 0.3) is 0 Å². The number of guanidine groups is 1. The van der Waals surface area contributed by atoms with Crippen LogP contribution in [-0.4, -0.2) is 91.6 Å². The minimum absolute atomic E-state index is 0.0307. The molecule has 0 aliphatic rings. The predicted molar refractivity (Wildman–Crippen MR) is 78.6 cm³/mol. The molecule has 0 spiro atoms. The second kappa shape index (κ2) is 9.24. The highest BCUT2D eigenvalue weighted by Gasteiger charge is 2.48. The molecule has 0 aromatic heterocycles. The number of carboxylic acids is 1. The number of hydrogen-bond donors (Lipinski definition) is 8. The van der Waals surface area contributed by atoms with Gasteiger partial charge in [-0.05, 0) is 12.8 Å². The molecule has 0 fully saturated rings. The first-order valence-electron chi connectivity index (χ1n) is 6.83. The molecule has 0 rings (SSSR count). The molecule has 0 aliphatic carbocycles. The number of Topliss-reactive ketones (excluding diaryl/α,β-unsaturated/α-hetero) is 1. The Balaban J connectivity index is 5.21. The fourth-order valence-electron chi connectivity index (χ4n) is 1.76. The van der Waals surface area contributed by atoms with Gasteiger partial charge >= 0.3 is 5.97 Å². The van der Waals surface area contributed by atoms with E-state index in [0.29, 0.717) is 4.90 Å². The molecule has 24 heavy (non-hydrogen) atoms. The van der Waals surface area contributed by atoms with Gasteiger partial charge in [-0.1, -0.05) is 0 Å². The van der Waals surface area contributed by atoms with Gasteiger partial charge in [0, 0.05) is 6.54 Å². The zero-order chi connectivity index (χ0) is 19.1. The van der Waals surface area contributed by atoms with Crippen molar-refractivity contribution in [1.29, 1.82) is 5.41 Å². The van der Waals surface area contributed by atoms with E-state index in [1.807, 2.05) is 0 Å². The second-order valence-electron chi connectivity index (χ2n) is 5.01. The normalized spacial score (nSPS) is 15.9. The lowest BCUT2D eigenvalue weighted by Crippen LogP contribution is -2.62. The van der Waals surface area contributed by atoms with Gasteiger partial charge in [0.15, 0.2) is 5.96 Å². The monoisotopic (exact) mass is 350 g/mol. The van der Waals surface area contributed by atoms with Crippen molar-refractivity contribution in [2.24, 2.45) is 11.5 Å². The summed E-state index contributed by atoms with van der Waals surface area (Å²) in [4.78, 5) is 35.1. The minimum atomic E-state index is -3.11. The van der Waals surface area contributed by atoms with E-state index in [4.69, 9.17) is 32.2 Å². The molecule has 1 amide bonds. The summed E-state index contributed by atoms with van der Waals surface area (Å²) in [6, 6.07) is -1.22. The maximum atomic E-state index is 12.2. The van der Waals surface area contributed by atoms with Crippen LogP contribution in [0.3, 0.4) is 0 Å². The molecular weight excluding hydrogens is 328 g/mol. The van der Waals surface area contributed by atoms with Gasteiger partial charge < -0.3 is 37.0 Å². The summed E-state index contributed by atoms with van der Waals surface area (Å²) >= 11 is 0.